The first-order valence-corrected chi connectivity index (χ1v) is 5.85. The zero-order valence-electron chi connectivity index (χ0n) is 11.0. The highest BCUT2D eigenvalue weighted by molar-refractivity contribution is 5.89. The molecule has 0 radical (unpaired) electrons. The van der Waals surface area contributed by atoms with E-state index < -0.39 is 5.54 Å². The van der Waals surface area contributed by atoms with Gasteiger partial charge in [-0.15, -0.1) is 0 Å². The summed E-state index contributed by atoms with van der Waals surface area (Å²) in [6.07, 6.45) is 1.11. The summed E-state index contributed by atoms with van der Waals surface area (Å²) in [4.78, 5) is 14.2. The van der Waals surface area contributed by atoms with Crippen LogP contribution in [0.1, 0.15) is 25.8 Å². The molecule has 0 spiro atoms. The number of hydrogen-bond acceptors (Lipinski definition) is 2. The van der Waals surface area contributed by atoms with E-state index in [0.717, 1.165) is 12.0 Å². The largest absolute Gasteiger partial charge is 0.297 e. The third-order valence-electron chi connectivity index (χ3n) is 3.55. The molecule has 94 valence electrons. The third-order valence-corrected chi connectivity index (χ3v) is 3.55. The van der Waals surface area contributed by atoms with Gasteiger partial charge in [-0.3, -0.25) is 9.69 Å². The molecule has 1 rings (SSSR count). The molecule has 0 aromatic heterocycles. The number of nitrogens with zero attached hydrogens (tertiary/aromatic N) is 1. The van der Waals surface area contributed by atoms with Gasteiger partial charge in [-0.2, -0.15) is 0 Å². The Labute approximate surface area is 102 Å². The number of carbonyl (C=O) groups excluding carboxylic acids is 1. The quantitative estimate of drug-likeness (QED) is 0.784. The molecule has 0 aliphatic rings. The Balaban J connectivity index is 2.81. The molecule has 0 aliphatic heterocycles. The fourth-order valence-corrected chi connectivity index (χ4v) is 1.74. The average Bonchev–Trinajstić information content (AvgIpc) is 2.30. The molecule has 1 aromatic carbocycles. The Morgan fingerprint density at radius 3 is 2.24 bits per heavy atom. The van der Waals surface area contributed by atoms with Crippen LogP contribution in [0.2, 0.25) is 0 Å². The molecule has 0 aliphatic carbocycles. The van der Waals surface area contributed by atoms with E-state index in [-0.39, 0.29) is 11.6 Å². The van der Waals surface area contributed by atoms with Crippen molar-refractivity contribution < 1.29 is 9.18 Å². The maximum atomic E-state index is 12.8. The van der Waals surface area contributed by atoms with Crippen molar-refractivity contribution in [3.05, 3.63) is 35.6 Å². The van der Waals surface area contributed by atoms with Crippen LogP contribution in [0.5, 0.6) is 0 Å². The summed E-state index contributed by atoms with van der Waals surface area (Å²) in [5.41, 5.74) is 0.409. The number of benzene rings is 1. The highest BCUT2D eigenvalue weighted by Gasteiger charge is 2.32. The summed E-state index contributed by atoms with van der Waals surface area (Å²) >= 11 is 0. The van der Waals surface area contributed by atoms with Gasteiger partial charge in [-0.1, -0.05) is 19.1 Å². The van der Waals surface area contributed by atoms with Crippen molar-refractivity contribution >= 4 is 5.78 Å². The van der Waals surface area contributed by atoms with Gasteiger partial charge in [-0.25, -0.2) is 4.39 Å². The van der Waals surface area contributed by atoms with Gasteiger partial charge in [0.25, 0.3) is 0 Å². The Hall–Kier alpha value is -1.22. The smallest absolute Gasteiger partial charge is 0.157 e. The molecule has 0 amide bonds. The van der Waals surface area contributed by atoms with Crippen LogP contribution in [0.3, 0.4) is 0 Å². The number of rotatable bonds is 5. The van der Waals surface area contributed by atoms with Gasteiger partial charge in [0.05, 0.1) is 5.54 Å². The molecule has 3 heteroatoms. The molecule has 17 heavy (non-hydrogen) atoms. The predicted molar refractivity (Wildman–Crippen MR) is 67.5 cm³/mol. The van der Waals surface area contributed by atoms with Crippen molar-refractivity contribution in [2.45, 2.75) is 32.2 Å². The highest BCUT2D eigenvalue weighted by Crippen LogP contribution is 2.20. The first-order valence-electron chi connectivity index (χ1n) is 5.85. The summed E-state index contributed by atoms with van der Waals surface area (Å²) in [5.74, 6) is -0.108. The van der Waals surface area contributed by atoms with Gasteiger partial charge in [0.1, 0.15) is 5.82 Å². The minimum atomic E-state index is -0.450. The molecule has 0 bridgehead atoms. The molecular weight excluding hydrogens is 217 g/mol. The van der Waals surface area contributed by atoms with Gasteiger partial charge >= 0.3 is 0 Å². The minimum Gasteiger partial charge on any atom is -0.297 e. The van der Waals surface area contributed by atoms with Gasteiger partial charge in [0, 0.05) is 6.42 Å². The molecule has 2 nitrogen and oxygen atoms in total. The SMILES string of the molecule is CCC(C)(C(=O)Cc1ccc(F)cc1)N(C)C. The van der Waals surface area contributed by atoms with Crippen molar-refractivity contribution in [2.24, 2.45) is 0 Å². The number of ketones is 1. The number of Topliss-reactive ketones (excluding diaryl/α,β-unsaturated/α-hetero) is 1. The van der Waals surface area contributed by atoms with Gasteiger partial charge in [0.15, 0.2) is 5.78 Å². The summed E-state index contributed by atoms with van der Waals surface area (Å²) < 4.78 is 12.8. The lowest BCUT2D eigenvalue weighted by Gasteiger charge is -2.34. The van der Waals surface area contributed by atoms with Crippen molar-refractivity contribution in [1.29, 1.82) is 0 Å². The number of likely N-dealkylation sites (N-methyl/N-ethyl adjacent to an activating group) is 1. The second-order valence-electron chi connectivity index (χ2n) is 4.75. The molecule has 1 atom stereocenters. The normalized spacial score (nSPS) is 14.7. The van der Waals surface area contributed by atoms with E-state index in [1.54, 1.807) is 12.1 Å². The zero-order chi connectivity index (χ0) is 13.1. The second-order valence-corrected chi connectivity index (χ2v) is 4.75. The first-order chi connectivity index (χ1) is 7.90. The number of halogens is 1. The molecule has 1 aromatic rings. The topological polar surface area (TPSA) is 20.3 Å². The van der Waals surface area contributed by atoms with Crippen LogP contribution >= 0.6 is 0 Å². The number of hydrogen-bond donors (Lipinski definition) is 0. The van der Waals surface area contributed by atoms with Crippen LogP contribution in [0, 0.1) is 5.82 Å². The fourth-order valence-electron chi connectivity index (χ4n) is 1.74. The van der Waals surface area contributed by atoms with Crippen LogP contribution in [0.4, 0.5) is 4.39 Å². The first kappa shape index (κ1) is 13.8. The van der Waals surface area contributed by atoms with Crippen molar-refractivity contribution in [3.63, 3.8) is 0 Å². The minimum absolute atomic E-state index is 0.164. The van der Waals surface area contributed by atoms with Crippen LogP contribution < -0.4 is 0 Å². The summed E-state index contributed by atoms with van der Waals surface area (Å²) in [5, 5.41) is 0. The van der Waals surface area contributed by atoms with Crippen molar-refractivity contribution in [3.8, 4) is 0 Å². The summed E-state index contributed by atoms with van der Waals surface area (Å²) in [7, 11) is 3.82. The lowest BCUT2D eigenvalue weighted by atomic mass is 9.88. The molecule has 0 N–H and O–H groups in total. The Morgan fingerprint density at radius 1 is 1.29 bits per heavy atom. The van der Waals surface area contributed by atoms with Gasteiger partial charge < -0.3 is 0 Å². The van der Waals surface area contributed by atoms with E-state index in [1.165, 1.54) is 12.1 Å². The van der Waals surface area contributed by atoms with Crippen molar-refractivity contribution in [2.75, 3.05) is 14.1 Å². The Kier molecular flexibility index (Phi) is 4.40. The molecule has 0 fully saturated rings. The van der Waals surface area contributed by atoms with Gasteiger partial charge in [0.2, 0.25) is 0 Å². The highest BCUT2D eigenvalue weighted by atomic mass is 19.1. The number of carbonyl (C=O) groups is 1. The maximum Gasteiger partial charge on any atom is 0.157 e. The van der Waals surface area contributed by atoms with E-state index >= 15 is 0 Å². The van der Waals surface area contributed by atoms with Crippen LogP contribution in [0.15, 0.2) is 24.3 Å². The standard InChI is InChI=1S/C14H20FNO/c1-5-14(2,16(3)4)13(17)10-11-6-8-12(15)9-7-11/h6-9H,5,10H2,1-4H3. The van der Waals surface area contributed by atoms with Crippen LogP contribution in [-0.4, -0.2) is 30.3 Å². The summed E-state index contributed by atoms with van der Waals surface area (Å²) in [6.45, 7) is 3.95. The molecule has 0 saturated heterocycles. The Bertz CT molecular complexity index is 386. The van der Waals surface area contributed by atoms with E-state index in [2.05, 4.69) is 0 Å². The molecule has 1 unspecified atom stereocenters. The predicted octanol–water partition coefficient (Wildman–Crippen LogP) is 2.67. The van der Waals surface area contributed by atoms with Crippen LogP contribution in [-0.2, 0) is 11.2 Å². The fraction of sp³-hybridized carbons (Fsp3) is 0.500. The molecular formula is C14H20FNO. The maximum absolute atomic E-state index is 12.8. The van der Waals surface area contributed by atoms with E-state index in [9.17, 15) is 9.18 Å². The lowest BCUT2D eigenvalue weighted by Crippen LogP contribution is -2.48. The van der Waals surface area contributed by atoms with E-state index in [4.69, 9.17) is 0 Å². The van der Waals surface area contributed by atoms with E-state index in [0.29, 0.717) is 6.42 Å². The third kappa shape index (κ3) is 3.13. The zero-order valence-corrected chi connectivity index (χ0v) is 11.0. The Morgan fingerprint density at radius 2 is 1.82 bits per heavy atom. The lowest BCUT2D eigenvalue weighted by molar-refractivity contribution is -0.128. The van der Waals surface area contributed by atoms with Gasteiger partial charge in [-0.05, 0) is 45.1 Å². The molecule has 0 saturated carbocycles. The average molecular weight is 237 g/mol. The van der Waals surface area contributed by atoms with E-state index in [1.807, 2.05) is 32.8 Å². The summed E-state index contributed by atoms with van der Waals surface area (Å²) in [6, 6.07) is 6.11. The molecule has 0 heterocycles. The monoisotopic (exact) mass is 237 g/mol. The van der Waals surface area contributed by atoms with Crippen LogP contribution in [0.25, 0.3) is 0 Å². The van der Waals surface area contributed by atoms with Crippen molar-refractivity contribution in [1.82, 2.24) is 4.90 Å². The second kappa shape index (κ2) is 5.41.